The Morgan fingerprint density at radius 2 is 1.95 bits per heavy atom. The van der Waals surface area contributed by atoms with Crippen LogP contribution >= 0.6 is 15.9 Å². The molecule has 1 amide bonds. The molecule has 2 aromatic rings. The second-order valence-corrected chi connectivity index (χ2v) is 5.54. The van der Waals surface area contributed by atoms with Crippen LogP contribution in [0, 0.1) is 0 Å². The number of anilines is 2. The van der Waals surface area contributed by atoms with E-state index in [9.17, 15) is 4.79 Å². The highest BCUT2D eigenvalue weighted by atomic mass is 79.9. The number of ether oxygens (including phenoxy) is 1. The van der Waals surface area contributed by atoms with Gasteiger partial charge in [0.15, 0.2) is 6.61 Å². The molecule has 5 heteroatoms. The predicted molar refractivity (Wildman–Crippen MR) is 81.7 cm³/mol. The molecule has 20 heavy (non-hydrogen) atoms. The fraction of sp³-hybridized carbons (Fsp3) is 0.133. The van der Waals surface area contributed by atoms with E-state index in [0.29, 0.717) is 18.0 Å². The lowest BCUT2D eigenvalue weighted by molar-refractivity contribution is -0.121. The molecule has 1 aliphatic heterocycles. The van der Waals surface area contributed by atoms with Crippen LogP contribution in [0.2, 0.25) is 0 Å². The molecule has 0 fully saturated rings. The molecular weight excluding hydrogens is 320 g/mol. The maximum absolute atomic E-state index is 12.1. The molecule has 0 atom stereocenters. The van der Waals surface area contributed by atoms with Crippen LogP contribution in [-0.2, 0) is 11.3 Å². The van der Waals surface area contributed by atoms with E-state index in [0.717, 1.165) is 15.7 Å². The first kappa shape index (κ1) is 13.0. The van der Waals surface area contributed by atoms with E-state index in [1.807, 2.05) is 24.3 Å². The van der Waals surface area contributed by atoms with Crippen molar-refractivity contribution in [2.75, 3.05) is 17.2 Å². The molecule has 2 aromatic carbocycles. The van der Waals surface area contributed by atoms with Crippen molar-refractivity contribution in [3.05, 3.63) is 52.5 Å². The summed E-state index contributed by atoms with van der Waals surface area (Å²) in [5.41, 5.74) is 8.20. The number of nitrogens with zero attached hydrogens (tertiary/aromatic N) is 1. The van der Waals surface area contributed by atoms with Crippen molar-refractivity contribution in [3.8, 4) is 5.75 Å². The molecule has 0 spiro atoms. The molecule has 0 radical (unpaired) electrons. The number of benzene rings is 2. The number of halogens is 1. The zero-order chi connectivity index (χ0) is 14.1. The van der Waals surface area contributed by atoms with Gasteiger partial charge in [-0.1, -0.05) is 28.1 Å². The van der Waals surface area contributed by atoms with Gasteiger partial charge in [0, 0.05) is 10.2 Å². The number of fused-ring (bicyclic) bond motifs is 1. The summed E-state index contributed by atoms with van der Waals surface area (Å²) < 4.78 is 6.44. The molecule has 0 bridgehead atoms. The predicted octanol–water partition coefficient (Wildman–Crippen LogP) is 2.96. The minimum atomic E-state index is -0.0639. The Labute approximate surface area is 125 Å². The van der Waals surface area contributed by atoms with Crippen LogP contribution in [0.4, 0.5) is 11.4 Å². The second-order valence-electron chi connectivity index (χ2n) is 4.62. The van der Waals surface area contributed by atoms with Gasteiger partial charge in [0.1, 0.15) is 5.75 Å². The number of carbonyl (C=O) groups is 1. The van der Waals surface area contributed by atoms with E-state index >= 15 is 0 Å². The molecule has 0 saturated heterocycles. The Morgan fingerprint density at radius 3 is 2.70 bits per heavy atom. The van der Waals surface area contributed by atoms with Gasteiger partial charge >= 0.3 is 0 Å². The molecular formula is C15H13BrN2O2. The summed E-state index contributed by atoms with van der Waals surface area (Å²) in [6.07, 6.45) is 0. The van der Waals surface area contributed by atoms with Crippen molar-refractivity contribution in [1.29, 1.82) is 0 Å². The Morgan fingerprint density at radius 1 is 1.20 bits per heavy atom. The zero-order valence-corrected chi connectivity index (χ0v) is 12.3. The summed E-state index contributed by atoms with van der Waals surface area (Å²) in [6, 6.07) is 13.2. The second kappa shape index (κ2) is 5.17. The molecule has 0 unspecified atom stereocenters. The van der Waals surface area contributed by atoms with E-state index in [4.69, 9.17) is 10.5 Å². The van der Waals surface area contributed by atoms with E-state index in [-0.39, 0.29) is 12.5 Å². The minimum Gasteiger partial charge on any atom is -0.482 e. The molecule has 4 nitrogen and oxygen atoms in total. The summed E-state index contributed by atoms with van der Waals surface area (Å²) >= 11 is 3.40. The summed E-state index contributed by atoms with van der Waals surface area (Å²) in [7, 11) is 0. The first-order valence-electron chi connectivity index (χ1n) is 6.20. The van der Waals surface area contributed by atoms with Gasteiger partial charge in [-0.25, -0.2) is 0 Å². The molecule has 3 rings (SSSR count). The summed E-state index contributed by atoms with van der Waals surface area (Å²) in [6.45, 7) is 0.569. The van der Waals surface area contributed by atoms with Gasteiger partial charge in [-0.2, -0.15) is 0 Å². The Bertz CT molecular complexity index is 655. The number of amides is 1. The fourth-order valence-electron chi connectivity index (χ4n) is 2.16. The topological polar surface area (TPSA) is 55.6 Å². The van der Waals surface area contributed by atoms with E-state index in [2.05, 4.69) is 15.9 Å². The molecule has 1 heterocycles. The molecule has 2 N–H and O–H groups in total. The number of nitrogen functional groups attached to an aromatic ring is 1. The molecule has 102 valence electrons. The highest BCUT2D eigenvalue weighted by Gasteiger charge is 2.25. The van der Waals surface area contributed by atoms with Crippen molar-refractivity contribution < 1.29 is 9.53 Å². The van der Waals surface area contributed by atoms with Crippen LogP contribution in [0.3, 0.4) is 0 Å². The van der Waals surface area contributed by atoms with Gasteiger partial charge in [0.2, 0.25) is 0 Å². The van der Waals surface area contributed by atoms with Crippen LogP contribution in [0.15, 0.2) is 46.9 Å². The van der Waals surface area contributed by atoms with Crippen LogP contribution in [0.5, 0.6) is 5.75 Å². The van der Waals surface area contributed by atoms with Gasteiger partial charge in [-0.15, -0.1) is 0 Å². The van der Waals surface area contributed by atoms with Crippen LogP contribution in [0.1, 0.15) is 5.56 Å². The van der Waals surface area contributed by atoms with Crippen molar-refractivity contribution in [1.82, 2.24) is 0 Å². The third-order valence-corrected chi connectivity index (χ3v) is 3.71. The lowest BCUT2D eigenvalue weighted by Gasteiger charge is -2.29. The average molecular weight is 333 g/mol. The summed E-state index contributed by atoms with van der Waals surface area (Å²) in [4.78, 5) is 13.8. The fourth-order valence-corrected chi connectivity index (χ4v) is 2.43. The lowest BCUT2D eigenvalue weighted by atomic mass is 10.1. The molecule has 0 aliphatic carbocycles. The maximum atomic E-state index is 12.1. The minimum absolute atomic E-state index is 0.0629. The third-order valence-electron chi connectivity index (χ3n) is 3.18. The molecule has 0 saturated carbocycles. The summed E-state index contributed by atoms with van der Waals surface area (Å²) in [5.74, 6) is 0.627. The van der Waals surface area contributed by atoms with Crippen molar-refractivity contribution in [2.24, 2.45) is 0 Å². The average Bonchev–Trinajstić information content (AvgIpc) is 2.44. The van der Waals surface area contributed by atoms with Crippen molar-refractivity contribution in [2.45, 2.75) is 6.54 Å². The first-order chi connectivity index (χ1) is 9.63. The van der Waals surface area contributed by atoms with Crippen molar-refractivity contribution >= 4 is 33.2 Å². The smallest absolute Gasteiger partial charge is 0.265 e. The largest absolute Gasteiger partial charge is 0.482 e. The van der Waals surface area contributed by atoms with E-state index in [1.165, 1.54) is 0 Å². The van der Waals surface area contributed by atoms with Crippen LogP contribution in [0.25, 0.3) is 0 Å². The summed E-state index contributed by atoms with van der Waals surface area (Å²) in [5, 5.41) is 0. The number of nitrogens with two attached hydrogens (primary N) is 1. The van der Waals surface area contributed by atoms with Gasteiger partial charge in [-0.05, 0) is 35.9 Å². The zero-order valence-electron chi connectivity index (χ0n) is 10.7. The Balaban J connectivity index is 1.94. The van der Waals surface area contributed by atoms with Gasteiger partial charge in [0.05, 0.1) is 12.2 Å². The van der Waals surface area contributed by atoms with Gasteiger partial charge < -0.3 is 15.4 Å². The number of hydrogen-bond donors (Lipinski definition) is 1. The molecule has 0 aromatic heterocycles. The standard InChI is InChI=1S/C15H13BrN2O2/c16-11-3-1-10(2-4-11)8-18-13-7-12(17)5-6-14(13)20-9-15(18)19/h1-7H,8-9,17H2. The van der Waals surface area contributed by atoms with Gasteiger partial charge in [-0.3, -0.25) is 4.79 Å². The monoisotopic (exact) mass is 332 g/mol. The van der Waals surface area contributed by atoms with E-state index in [1.54, 1.807) is 23.1 Å². The highest BCUT2D eigenvalue weighted by Crippen LogP contribution is 2.34. The number of rotatable bonds is 2. The quantitative estimate of drug-likeness (QED) is 0.860. The highest BCUT2D eigenvalue weighted by molar-refractivity contribution is 9.10. The van der Waals surface area contributed by atoms with Crippen LogP contribution < -0.4 is 15.4 Å². The molecule has 1 aliphatic rings. The third kappa shape index (κ3) is 2.49. The normalized spacial score (nSPS) is 13.8. The SMILES string of the molecule is Nc1ccc2c(c1)N(Cc1ccc(Br)cc1)C(=O)CO2. The Kier molecular flexibility index (Phi) is 3.36. The maximum Gasteiger partial charge on any atom is 0.265 e. The first-order valence-corrected chi connectivity index (χ1v) is 7.00. The van der Waals surface area contributed by atoms with Crippen LogP contribution in [-0.4, -0.2) is 12.5 Å². The number of hydrogen-bond acceptors (Lipinski definition) is 3. The van der Waals surface area contributed by atoms with Gasteiger partial charge in [0.25, 0.3) is 5.91 Å². The Hall–Kier alpha value is -2.01. The van der Waals surface area contributed by atoms with Crippen molar-refractivity contribution in [3.63, 3.8) is 0 Å². The lowest BCUT2D eigenvalue weighted by Crippen LogP contribution is -2.38. The number of carbonyl (C=O) groups excluding carboxylic acids is 1. The van der Waals surface area contributed by atoms with E-state index < -0.39 is 0 Å².